The zero-order chi connectivity index (χ0) is 11.1. The van der Waals surface area contributed by atoms with Crippen molar-refractivity contribution in [2.24, 2.45) is 11.8 Å². The molecule has 0 aromatic carbocycles. The number of rotatable bonds is 3. The lowest BCUT2D eigenvalue weighted by molar-refractivity contribution is 0.785. The van der Waals surface area contributed by atoms with E-state index in [2.05, 4.69) is 22.2 Å². The molecule has 0 aliphatic heterocycles. The van der Waals surface area contributed by atoms with Crippen molar-refractivity contribution in [3.63, 3.8) is 0 Å². The summed E-state index contributed by atoms with van der Waals surface area (Å²) in [5, 5.41) is 6.79. The zero-order valence-electron chi connectivity index (χ0n) is 8.90. The first-order chi connectivity index (χ1) is 7.74. The molecule has 2 atom stereocenters. The molecule has 2 heterocycles. The SMILES string of the molecule is CC1CC1CNc1nc(Cl)nc2sccc12. The van der Waals surface area contributed by atoms with E-state index in [4.69, 9.17) is 11.6 Å². The van der Waals surface area contributed by atoms with Crippen LogP contribution in [0.25, 0.3) is 10.2 Å². The molecule has 2 unspecified atom stereocenters. The quantitative estimate of drug-likeness (QED) is 0.852. The third kappa shape index (κ3) is 1.87. The van der Waals surface area contributed by atoms with Crippen LogP contribution in [-0.2, 0) is 0 Å². The van der Waals surface area contributed by atoms with E-state index in [0.29, 0.717) is 5.28 Å². The third-order valence-corrected chi connectivity index (χ3v) is 4.08. The van der Waals surface area contributed by atoms with Gasteiger partial charge in [-0.1, -0.05) is 6.92 Å². The van der Waals surface area contributed by atoms with Crippen LogP contribution in [0.5, 0.6) is 0 Å². The van der Waals surface area contributed by atoms with Gasteiger partial charge in [0.25, 0.3) is 0 Å². The van der Waals surface area contributed by atoms with Gasteiger partial charge in [0.1, 0.15) is 10.6 Å². The van der Waals surface area contributed by atoms with Crippen LogP contribution in [0.15, 0.2) is 11.4 Å². The molecule has 3 rings (SSSR count). The normalized spacial score (nSPS) is 23.6. The molecule has 2 aromatic rings. The Kier molecular flexibility index (Phi) is 2.48. The van der Waals surface area contributed by atoms with E-state index in [1.165, 1.54) is 6.42 Å². The number of fused-ring (bicyclic) bond motifs is 1. The van der Waals surface area contributed by atoms with Crippen molar-refractivity contribution in [3.8, 4) is 0 Å². The molecular weight excluding hydrogens is 242 g/mol. The van der Waals surface area contributed by atoms with Crippen LogP contribution in [-0.4, -0.2) is 16.5 Å². The highest BCUT2D eigenvalue weighted by Gasteiger charge is 2.32. The molecule has 1 aliphatic carbocycles. The zero-order valence-corrected chi connectivity index (χ0v) is 10.5. The van der Waals surface area contributed by atoms with Gasteiger partial charge in [-0.25, -0.2) is 9.97 Å². The van der Waals surface area contributed by atoms with Gasteiger partial charge in [0.05, 0.1) is 5.39 Å². The van der Waals surface area contributed by atoms with Crippen LogP contribution in [0.1, 0.15) is 13.3 Å². The van der Waals surface area contributed by atoms with E-state index < -0.39 is 0 Å². The monoisotopic (exact) mass is 253 g/mol. The molecule has 1 aliphatic rings. The minimum atomic E-state index is 0.321. The van der Waals surface area contributed by atoms with E-state index >= 15 is 0 Å². The van der Waals surface area contributed by atoms with E-state index in [9.17, 15) is 0 Å². The van der Waals surface area contributed by atoms with Gasteiger partial charge >= 0.3 is 0 Å². The third-order valence-electron chi connectivity index (χ3n) is 3.11. The molecule has 1 saturated carbocycles. The van der Waals surface area contributed by atoms with Crippen molar-refractivity contribution < 1.29 is 0 Å². The topological polar surface area (TPSA) is 37.8 Å². The number of nitrogens with one attached hydrogen (secondary N) is 1. The Morgan fingerprint density at radius 1 is 1.56 bits per heavy atom. The van der Waals surface area contributed by atoms with Gasteiger partial charge in [-0.05, 0) is 41.3 Å². The average Bonchev–Trinajstić information content (AvgIpc) is 2.76. The lowest BCUT2D eigenvalue weighted by Gasteiger charge is -2.06. The molecule has 0 spiro atoms. The summed E-state index contributed by atoms with van der Waals surface area (Å²) in [6, 6.07) is 2.04. The second-order valence-electron chi connectivity index (χ2n) is 4.33. The highest BCUT2D eigenvalue weighted by molar-refractivity contribution is 7.16. The first kappa shape index (κ1) is 10.3. The van der Waals surface area contributed by atoms with Crippen molar-refractivity contribution in [2.75, 3.05) is 11.9 Å². The molecule has 0 radical (unpaired) electrons. The van der Waals surface area contributed by atoms with E-state index in [0.717, 1.165) is 34.4 Å². The van der Waals surface area contributed by atoms with Crippen molar-refractivity contribution in [1.29, 1.82) is 0 Å². The fourth-order valence-electron chi connectivity index (χ4n) is 1.88. The molecule has 0 bridgehead atoms. The Balaban J connectivity index is 1.86. The molecular formula is C11H12ClN3S. The summed E-state index contributed by atoms with van der Waals surface area (Å²) in [4.78, 5) is 9.39. The molecule has 0 amide bonds. The van der Waals surface area contributed by atoms with Gasteiger partial charge in [0.15, 0.2) is 0 Å². The minimum absolute atomic E-state index is 0.321. The number of hydrogen-bond donors (Lipinski definition) is 1. The van der Waals surface area contributed by atoms with Crippen LogP contribution >= 0.6 is 22.9 Å². The number of nitrogens with zero attached hydrogens (tertiary/aromatic N) is 2. The predicted molar refractivity (Wildman–Crippen MR) is 68.2 cm³/mol. The predicted octanol–water partition coefficient (Wildman–Crippen LogP) is 3.41. The van der Waals surface area contributed by atoms with Crippen molar-refractivity contribution in [1.82, 2.24) is 9.97 Å². The Morgan fingerprint density at radius 2 is 2.38 bits per heavy atom. The van der Waals surface area contributed by atoms with Gasteiger partial charge in [0, 0.05) is 6.54 Å². The summed E-state index contributed by atoms with van der Waals surface area (Å²) in [7, 11) is 0. The maximum atomic E-state index is 5.88. The Morgan fingerprint density at radius 3 is 3.12 bits per heavy atom. The minimum Gasteiger partial charge on any atom is -0.369 e. The largest absolute Gasteiger partial charge is 0.369 e. The number of halogens is 1. The van der Waals surface area contributed by atoms with Gasteiger partial charge in [-0.3, -0.25) is 0 Å². The number of hydrogen-bond acceptors (Lipinski definition) is 4. The van der Waals surface area contributed by atoms with Crippen molar-refractivity contribution in [3.05, 3.63) is 16.7 Å². The van der Waals surface area contributed by atoms with Crippen LogP contribution in [0.3, 0.4) is 0 Å². The molecule has 84 valence electrons. The highest BCUT2D eigenvalue weighted by atomic mass is 35.5. The summed E-state index contributed by atoms with van der Waals surface area (Å²) in [5.74, 6) is 2.51. The summed E-state index contributed by atoms with van der Waals surface area (Å²) in [6.45, 7) is 3.26. The second kappa shape index (κ2) is 3.86. The average molecular weight is 254 g/mol. The standard InChI is InChI=1S/C11H12ClN3S/c1-6-4-7(6)5-13-9-8-2-3-16-10(8)15-11(12)14-9/h2-3,6-7H,4-5H2,1H3,(H,13,14,15). The fraction of sp³-hybridized carbons (Fsp3) is 0.455. The summed E-state index contributed by atoms with van der Waals surface area (Å²) in [5.41, 5.74) is 0. The van der Waals surface area contributed by atoms with Crippen LogP contribution in [0, 0.1) is 11.8 Å². The van der Waals surface area contributed by atoms with E-state index in [1.54, 1.807) is 11.3 Å². The Bertz CT molecular complexity index is 525. The number of thiophene rings is 1. The maximum absolute atomic E-state index is 5.88. The number of aromatic nitrogens is 2. The second-order valence-corrected chi connectivity index (χ2v) is 5.57. The molecule has 0 saturated heterocycles. The number of anilines is 1. The Labute approximate surface area is 103 Å². The fourth-order valence-corrected chi connectivity index (χ4v) is 2.86. The molecule has 1 N–H and O–H groups in total. The van der Waals surface area contributed by atoms with E-state index in [-0.39, 0.29) is 0 Å². The van der Waals surface area contributed by atoms with Crippen molar-refractivity contribution in [2.45, 2.75) is 13.3 Å². The Hall–Kier alpha value is -0.870. The molecule has 5 heteroatoms. The van der Waals surface area contributed by atoms with Crippen LogP contribution in [0.4, 0.5) is 5.82 Å². The molecule has 16 heavy (non-hydrogen) atoms. The van der Waals surface area contributed by atoms with Crippen LogP contribution < -0.4 is 5.32 Å². The summed E-state index contributed by atoms with van der Waals surface area (Å²) in [6.07, 6.45) is 1.32. The summed E-state index contributed by atoms with van der Waals surface area (Å²) < 4.78 is 0. The first-order valence-electron chi connectivity index (χ1n) is 5.38. The maximum Gasteiger partial charge on any atom is 0.225 e. The lowest BCUT2D eigenvalue weighted by Crippen LogP contribution is -2.06. The van der Waals surface area contributed by atoms with Crippen molar-refractivity contribution >= 4 is 39.0 Å². The van der Waals surface area contributed by atoms with Gasteiger partial charge in [-0.2, -0.15) is 0 Å². The molecule has 3 nitrogen and oxygen atoms in total. The van der Waals surface area contributed by atoms with Gasteiger partial charge < -0.3 is 5.32 Å². The highest BCUT2D eigenvalue weighted by Crippen LogP contribution is 2.38. The van der Waals surface area contributed by atoms with Gasteiger partial charge in [0.2, 0.25) is 5.28 Å². The first-order valence-corrected chi connectivity index (χ1v) is 6.64. The lowest BCUT2D eigenvalue weighted by atomic mass is 10.3. The van der Waals surface area contributed by atoms with E-state index in [1.807, 2.05) is 11.4 Å². The smallest absolute Gasteiger partial charge is 0.225 e. The van der Waals surface area contributed by atoms with Gasteiger partial charge in [-0.15, -0.1) is 11.3 Å². The summed E-state index contributed by atoms with van der Waals surface area (Å²) >= 11 is 7.48. The van der Waals surface area contributed by atoms with Crippen LogP contribution in [0.2, 0.25) is 5.28 Å². The molecule has 2 aromatic heterocycles. The molecule has 1 fully saturated rings.